The van der Waals surface area contributed by atoms with Crippen LogP contribution in [0.25, 0.3) is 0 Å². The van der Waals surface area contributed by atoms with E-state index in [0.717, 1.165) is 10.9 Å². The second kappa shape index (κ2) is 7.65. The van der Waals surface area contributed by atoms with E-state index in [0.29, 0.717) is 17.8 Å². The minimum atomic E-state index is -0.136. The summed E-state index contributed by atoms with van der Waals surface area (Å²) in [6.45, 7) is 2.00. The Bertz CT molecular complexity index is 652. The van der Waals surface area contributed by atoms with Crippen LogP contribution in [0.5, 0.6) is 0 Å². The largest absolute Gasteiger partial charge is 0.351 e. The molecule has 0 aliphatic heterocycles. The van der Waals surface area contributed by atoms with Crippen LogP contribution in [0, 0.1) is 0 Å². The summed E-state index contributed by atoms with van der Waals surface area (Å²) in [6, 6.07) is 6.79. The molecule has 0 saturated heterocycles. The molecule has 6 nitrogen and oxygen atoms in total. The number of imidazole rings is 1. The summed E-state index contributed by atoms with van der Waals surface area (Å²) in [6.07, 6.45) is 3.63. The number of thioether (sulfide) groups is 1. The molecule has 0 fully saturated rings. The third-order valence-electron chi connectivity index (χ3n) is 2.86. The average Bonchev–Trinajstić information content (AvgIpc) is 2.89. The summed E-state index contributed by atoms with van der Waals surface area (Å²) < 4.78 is 1.94. The minimum absolute atomic E-state index is 0.130. The third-order valence-corrected chi connectivity index (χ3v) is 3.92. The standard InChI is InChI=1S/C15H18N4O2S/c1-11(20)18-13-5-3-12(4-6-13)14(21)16-8-10-22-15-17-7-9-19(15)2/h3-7,9H,8,10H2,1-2H3,(H,16,21)(H,18,20). The van der Waals surface area contributed by atoms with E-state index in [1.54, 1.807) is 42.2 Å². The second-order valence-electron chi connectivity index (χ2n) is 4.68. The molecule has 2 aromatic rings. The Hall–Kier alpha value is -2.28. The number of aromatic nitrogens is 2. The lowest BCUT2D eigenvalue weighted by atomic mass is 10.2. The maximum Gasteiger partial charge on any atom is 0.251 e. The maximum atomic E-state index is 12.0. The van der Waals surface area contributed by atoms with Gasteiger partial charge in [0, 0.05) is 49.9 Å². The number of nitrogens with zero attached hydrogens (tertiary/aromatic N) is 2. The van der Waals surface area contributed by atoms with Gasteiger partial charge < -0.3 is 15.2 Å². The Kier molecular flexibility index (Phi) is 5.60. The van der Waals surface area contributed by atoms with Crippen LogP contribution in [0.4, 0.5) is 5.69 Å². The van der Waals surface area contributed by atoms with Gasteiger partial charge in [-0.2, -0.15) is 0 Å². The van der Waals surface area contributed by atoms with Crippen LogP contribution < -0.4 is 10.6 Å². The van der Waals surface area contributed by atoms with Gasteiger partial charge in [-0.3, -0.25) is 9.59 Å². The Morgan fingerprint density at radius 3 is 2.59 bits per heavy atom. The van der Waals surface area contributed by atoms with Crippen LogP contribution >= 0.6 is 11.8 Å². The van der Waals surface area contributed by atoms with Crippen molar-refractivity contribution < 1.29 is 9.59 Å². The molecule has 0 bridgehead atoms. The predicted molar refractivity (Wildman–Crippen MR) is 87.0 cm³/mol. The van der Waals surface area contributed by atoms with E-state index in [1.807, 2.05) is 17.8 Å². The second-order valence-corrected chi connectivity index (χ2v) is 5.75. The van der Waals surface area contributed by atoms with Crippen molar-refractivity contribution in [3.05, 3.63) is 42.2 Å². The molecular weight excluding hydrogens is 300 g/mol. The molecule has 2 N–H and O–H groups in total. The molecule has 1 heterocycles. The summed E-state index contributed by atoms with van der Waals surface area (Å²) in [7, 11) is 1.94. The van der Waals surface area contributed by atoms with Gasteiger partial charge in [0.2, 0.25) is 5.91 Å². The molecule has 0 aliphatic rings. The van der Waals surface area contributed by atoms with Gasteiger partial charge in [-0.25, -0.2) is 4.98 Å². The number of nitrogens with one attached hydrogen (secondary N) is 2. The number of benzene rings is 1. The first-order valence-corrected chi connectivity index (χ1v) is 7.81. The van der Waals surface area contributed by atoms with E-state index in [-0.39, 0.29) is 11.8 Å². The first-order chi connectivity index (χ1) is 10.6. The zero-order valence-corrected chi connectivity index (χ0v) is 13.3. The number of aryl methyl sites for hydroxylation is 1. The highest BCUT2D eigenvalue weighted by Crippen LogP contribution is 2.13. The number of carbonyl (C=O) groups excluding carboxylic acids is 2. The van der Waals surface area contributed by atoms with E-state index in [2.05, 4.69) is 15.6 Å². The first kappa shape index (κ1) is 16.1. The van der Waals surface area contributed by atoms with Crippen LogP contribution in [0.2, 0.25) is 0 Å². The van der Waals surface area contributed by atoms with Crippen molar-refractivity contribution in [3.8, 4) is 0 Å². The minimum Gasteiger partial charge on any atom is -0.351 e. The molecule has 2 rings (SSSR count). The Labute approximate surface area is 133 Å². The highest BCUT2D eigenvalue weighted by atomic mass is 32.2. The van der Waals surface area contributed by atoms with Crippen LogP contribution in [-0.2, 0) is 11.8 Å². The van der Waals surface area contributed by atoms with Gasteiger partial charge in [-0.15, -0.1) is 0 Å². The van der Waals surface area contributed by atoms with Gasteiger partial charge in [0.25, 0.3) is 5.91 Å². The zero-order valence-electron chi connectivity index (χ0n) is 12.5. The van der Waals surface area contributed by atoms with E-state index >= 15 is 0 Å². The molecule has 0 radical (unpaired) electrons. The van der Waals surface area contributed by atoms with Gasteiger partial charge in [-0.1, -0.05) is 11.8 Å². The van der Waals surface area contributed by atoms with Gasteiger partial charge in [0.1, 0.15) is 0 Å². The van der Waals surface area contributed by atoms with Crippen molar-refractivity contribution in [3.63, 3.8) is 0 Å². The van der Waals surface area contributed by atoms with Crippen molar-refractivity contribution in [2.75, 3.05) is 17.6 Å². The molecule has 0 unspecified atom stereocenters. The molecule has 116 valence electrons. The average molecular weight is 318 g/mol. The Morgan fingerprint density at radius 1 is 1.27 bits per heavy atom. The van der Waals surface area contributed by atoms with Crippen LogP contribution in [0.1, 0.15) is 17.3 Å². The summed E-state index contributed by atoms with van der Waals surface area (Å²) in [5, 5.41) is 6.44. The highest BCUT2D eigenvalue weighted by Gasteiger charge is 2.06. The zero-order chi connectivity index (χ0) is 15.9. The molecule has 0 atom stereocenters. The van der Waals surface area contributed by atoms with Crippen LogP contribution in [0.3, 0.4) is 0 Å². The normalized spacial score (nSPS) is 10.3. The van der Waals surface area contributed by atoms with Crippen molar-refractivity contribution in [2.45, 2.75) is 12.1 Å². The van der Waals surface area contributed by atoms with Crippen LogP contribution in [-0.4, -0.2) is 33.7 Å². The van der Waals surface area contributed by atoms with Gasteiger partial charge in [0.15, 0.2) is 5.16 Å². The molecule has 2 amide bonds. The number of hydrogen-bond donors (Lipinski definition) is 2. The van der Waals surface area contributed by atoms with Gasteiger partial charge in [-0.05, 0) is 24.3 Å². The Morgan fingerprint density at radius 2 is 2.00 bits per heavy atom. The van der Waals surface area contributed by atoms with Gasteiger partial charge >= 0.3 is 0 Å². The van der Waals surface area contributed by atoms with Crippen molar-refractivity contribution in [2.24, 2.45) is 7.05 Å². The lowest BCUT2D eigenvalue weighted by molar-refractivity contribution is -0.114. The molecule has 22 heavy (non-hydrogen) atoms. The third kappa shape index (κ3) is 4.63. The number of amides is 2. The van der Waals surface area contributed by atoms with Crippen LogP contribution in [0.15, 0.2) is 41.8 Å². The smallest absolute Gasteiger partial charge is 0.251 e. The lowest BCUT2D eigenvalue weighted by Gasteiger charge is -2.06. The Balaban J connectivity index is 1.77. The molecule has 1 aromatic carbocycles. The van der Waals surface area contributed by atoms with Crippen molar-refractivity contribution in [1.82, 2.24) is 14.9 Å². The summed E-state index contributed by atoms with van der Waals surface area (Å²) in [4.78, 5) is 27.1. The fourth-order valence-electron chi connectivity index (χ4n) is 1.81. The first-order valence-electron chi connectivity index (χ1n) is 6.82. The van der Waals surface area contributed by atoms with E-state index in [9.17, 15) is 9.59 Å². The monoisotopic (exact) mass is 318 g/mol. The van der Waals surface area contributed by atoms with E-state index in [1.165, 1.54) is 6.92 Å². The topological polar surface area (TPSA) is 76.0 Å². The summed E-state index contributed by atoms with van der Waals surface area (Å²) >= 11 is 1.59. The van der Waals surface area contributed by atoms with Gasteiger partial charge in [0.05, 0.1) is 0 Å². The fraction of sp³-hybridized carbons (Fsp3) is 0.267. The number of rotatable bonds is 6. The maximum absolute atomic E-state index is 12.0. The highest BCUT2D eigenvalue weighted by molar-refractivity contribution is 7.99. The van der Waals surface area contributed by atoms with Crippen molar-refractivity contribution in [1.29, 1.82) is 0 Å². The quantitative estimate of drug-likeness (QED) is 0.630. The summed E-state index contributed by atoms with van der Waals surface area (Å²) in [5.41, 5.74) is 1.24. The predicted octanol–water partition coefficient (Wildman–Crippen LogP) is 1.90. The molecule has 0 spiro atoms. The number of carbonyl (C=O) groups is 2. The lowest BCUT2D eigenvalue weighted by Crippen LogP contribution is -2.25. The SMILES string of the molecule is CC(=O)Nc1ccc(C(=O)NCCSc2nccn2C)cc1. The molecule has 7 heteroatoms. The number of hydrogen-bond acceptors (Lipinski definition) is 4. The van der Waals surface area contributed by atoms with Crippen molar-refractivity contribution >= 4 is 29.3 Å². The fourth-order valence-corrected chi connectivity index (χ4v) is 2.59. The number of anilines is 1. The van der Waals surface area contributed by atoms with E-state index in [4.69, 9.17) is 0 Å². The van der Waals surface area contributed by atoms with E-state index < -0.39 is 0 Å². The molecule has 0 aliphatic carbocycles. The molecule has 0 saturated carbocycles. The summed E-state index contributed by atoms with van der Waals surface area (Å²) in [5.74, 6) is 0.485. The molecular formula is C15H18N4O2S. The molecule has 1 aromatic heterocycles.